The van der Waals surface area contributed by atoms with Gasteiger partial charge >= 0.3 is 0 Å². The molecule has 1 N–H and O–H groups in total. The number of carbonyl (C=O) groups excluding carboxylic acids is 1. The van der Waals surface area contributed by atoms with Crippen molar-refractivity contribution in [3.8, 4) is 11.5 Å². The average molecular weight is 312 g/mol. The maximum Gasteiger partial charge on any atom is 0.271 e. The third-order valence-corrected chi connectivity index (χ3v) is 3.43. The summed E-state index contributed by atoms with van der Waals surface area (Å²) in [6.45, 7) is 2.07. The van der Waals surface area contributed by atoms with Crippen LogP contribution in [0.15, 0.2) is 47.6 Å². The van der Waals surface area contributed by atoms with Gasteiger partial charge in [-0.05, 0) is 36.2 Å². The summed E-state index contributed by atoms with van der Waals surface area (Å²) in [5, 5.41) is 3.98. The Bertz CT molecular complexity index is 694. The van der Waals surface area contributed by atoms with Crippen molar-refractivity contribution in [1.82, 2.24) is 5.43 Å². The fraction of sp³-hybridized carbons (Fsp3) is 0.222. The summed E-state index contributed by atoms with van der Waals surface area (Å²) >= 11 is 0. The SMILES string of the molecule is CCc1ccc(C(=O)N/N=C\c2cccc(OC)c2OC)cc1. The smallest absolute Gasteiger partial charge is 0.271 e. The van der Waals surface area contributed by atoms with E-state index in [-0.39, 0.29) is 5.91 Å². The summed E-state index contributed by atoms with van der Waals surface area (Å²) in [7, 11) is 3.13. The van der Waals surface area contributed by atoms with E-state index >= 15 is 0 Å². The van der Waals surface area contributed by atoms with Gasteiger partial charge in [0.25, 0.3) is 5.91 Å². The van der Waals surface area contributed by atoms with Crippen molar-refractivity contribution in [3.63, 3.8) is 0 Å². The number of ether oxygens (including phenoxy) is 2. The van der Waals surface area contributed by atoms with E-state index in [2.05, 4.69) is 17.5 Å². The third-order valence-electron chi connectivity index (χ3n) is 3.43. The molecular formula is C18H20N2O3. The second-order valence-corrected chi connectivity index (χ2v) is 4.83. The number of benzene rings is 2. The van der Waals surface area contributed by atoms with Gasteiger partial charge in [-0.1, -0.05) is 25.1 Å². The minimum absolute atomic E-state index is 0.259. The number of hydrazone groups is 1. The van der Waals surface area contributed by atoms with Crippen LogP contribution in [-0.2, 0) is 6.42 Å². The average Bonchev–Trinajstić information content (AvgIpc) is 2.61. The fourth-order valence-corrected chi connectivity index (χ4v) is 2.13. The molecule has 2 rings (SSSR count). The number of nitrogens with one attached hydrogen (secondary N) is 1. The molecule has 0 atom stereocenters. The molecule has 120 valence electrons. The maximum atomic E-state index is 12.0. The van der Waals surface area contributed by atoms with Crippen molar-refractivity contribution in [2.24, 2.45) is 5.10 Å². The fourth-order valence-electron chi connectivity index (χ4n) is 2.13. The molecule has 2 aromatic rings. The van der Waals surface area contributed by atoms with Crippen molar-refractivity contribution in [3.05, 3.63) is 59.2 Å². The van der Waals surface area contributed by atoms with Crippen molar-refractivity contribution < 1.29 is 14.3 Å². The zero-order valence-corrected chi connectivity index (χ0v) is 13.5. The Morgan fingerprint density at radius 2 is 1.87 bits per heavy atom. The quantitative estimate of drug-likeness (QED) is 0.659. The van der Waals surface area contributed by atoms with Crippen LogP contribution >= 0.6 is 0 Å². The molecule has 0 unspecified atom stereocenters. The molecular weight excluding hydrogens is 292 g/mol. The van der Waals surface area contributed by atoms with Gasteiger partial charge in [-0.25, -0.2) is 5.43 Å². The number of nitrogens with zero attached hydrogens (tertiary/aromatic N) is 1. The molecule has 5 nitrogen and oxygen atoms in total. The lowest BCUT2D eigenvalue weighted by atomic mass is 10.1. The monoisotopic (exact) mass is 312 g/mol. The maximum absolute atomic E-state index is 12.0. The van der Waals surface area contributed by atoms with Crippen LogP contribution < -0.4 is 14.9 Å². The van der Waals surface area contributed by atoms with Gasteiger partial charge in [0, 0.05) is 11.1 Å². The highest BCUT2D eigenvalue weighted by molar-refractivity contribution is 5.95. The lowest BCUT2D eigenvalue weighted by molar-refractivity contribution is 0.0955. The molecule has 0 bridgehead atoms. The van der Waals surface area contributed by atoms with E-state index in [4.69, 9.17) is 9.47 Å². The van der Waals surface area contributed by atoms with Crippen molar-refractivity contribution in [2.45, 2.75) is 13.3 Å². The molecule has 0 aromatic heterocycles. The van der Waals surface area contributed by atoms with E-state index in [0.29, 0.717) is 22.6 Å². The largest absolute Gasteiger partial charge is 0.493 e. The van der Waals surface area contributed by atoms with Gasteiger partial charge in [-0.15, -0.1) is 0 Å². The molecule has 0 saturated carbocycles. The van der Waals surface area contributed by atoms with Crippen molar-refractivity contribution in [1.29, 1.82) is 0 Å². The highest BCUT2D eigenvalue weighted by atomic mass is 16.5. The Labute approximate surface area is 135 Å². The molecule has 0 fully saturated rings. The first-order chi connectivity index (χ1) is 11.2. The second-order valence-electron chi connectivity index (χ2n) is 4.83. The molecule has 0 spiro atoms. The van der Waals surface area contributed by atoms with E-state index in [1.807, 2.05) is 24.3 Å². The number of hydrogen-bond acceptors (Lipinski definition) is 4. The van der Waals surface area contributed by atoms with Gasteiger partial charge in [0.2, 0.25) is 0 Å². The highest BCUT2D eigenvalue weighted by Gasteiger charge is 2.08. The summed E-state index contributed by atoms with van der Waals surface area (Å²) in [6, 6.07) is 12.9. The standard InChI is InChI=1S/C18H20N2O3/c1-4-13-8-10-14(11-9-13)18(21)20-19-12-15-6-5-7-16(22-2)17(15)23-3/h5-12H,4H2,1-3H3,(H,20,21)/b19-12-. The topological polar surface area (TPSA) is 59.9 Å². The van der Waals surface area contributed by atoms with Gasteiger partial charge < -0.3 is 9.47 Å². The van der Waals surface area contributed by atoms with Crippen LogP contribution in [0.3, 0.4) is 0 Å². The van der Waals surface area contributed by atoms with Crippen LogP contribution in [0.25, 0.3) is 0 Å². The molecule has 5 heteroatoms. The van der Waals surface area contributed by atoms with Crippen LogP contribution in [-0.4, -0.2) is 26.3 Å². The number of aryl methyl sites for hydroxylation is 1. The van der Waals surface area contributed by atoms with E-state index in [0.717, 1.165) is 6.42 Å². The number of para-hydroxylation sites is 1. The molecule has 0 radical (unpaired) electrons. The summed E-state index contributed by atoms with van der Waals surface area (Å²) in [5.41, 5.74) is 4.98. The van der Waals surface area contributed by atoms with E-state index in [1.54, 1.807) is 32.4 Å². The number of rotatable bonds is 6. The van der Waals surface area contributed by atoms with Crippen molar-refractivity contribution in [2.75, 3.05) is 14.2 Å². The van der Waals surface area contributed by atoms with Gasteiger partial charge in [-0.3, -0.25) is 4.79 Å². The summed E-state index contributed by atoms with van der Waals surface area (Å²) in [6.07, 6.45) is 2.47. The minimum Gasteiger partial charge on any atom is -0.493 e. The van der Waals surface area contributed by atoms with Crippen LogP contribution in [0.1, 0.15) is 28.4 Å². The number of amides is 1. The zero-order valence-electron chi connectivity index (χ0n) is 13.5. The molecule has 0 aliphatic rings. The Morgan fingerprint density at radius 1 is 1.13 bits per heavy atom. The minimum atomic E-state index is -0.259. The van der Waals surface area contributed by atoms with Crippen LogP contribution in [0.4, 0.5) is 0 Å². The summed E-state index contributed by atoms with van der Waals surface area (Å²) < 4.78 is 10.5. The van der Waals surface area contributed by atoms with Crippen molar-refractivity contribution >= 4 is 12.1 Å². The zero-order chi connectivity index (χ0) is 16.7. The number of methoxy groups -OCH3 is 2. The summed E-state index contributed by atoms with van der Waals surface area (Å²) in [4.78, 5) is 12.0. The first-order valence-corrected chi connectivity index (χ1v) is 7.33. The normalized spacial score (nSPS) is 10.6. The Morgan fingerprint density at radius 3 is 2.48 bits per heavy atom. The first-order valence-electron chi connectivity index (χ1n) is 7.33. The molecule has 1 amide bonds. The summed E-state index contributed by atoms with van der Waals surface area (Å²) in [5.74, 6) is 0.920. The predicted octanol–water partition coefficient (Wildman–Crippen LogP) is 3.03. The van der Waals surface area contributed by atoms with E-state index < -0.39 is 0 Å². The van der Waals surface area contributed by atoms with Gasteiger partial charge in [0.05, 0.1) is 20.4 Å². The Kier molecular flexibility index (Phi) is 5.74. The van der Waals surface area contributed by atoms with Gasteiger partial charge in [-0.2, -0.15) is 5.10 Å². The molecule has 0 heterocycles. The Balaban J connectivity index is 2.07. The third kappa shape index (κ3) is 4.10. The van der Waals surface area contributed by atoms with Gasteiger partial charge in [0.1, 0.15) is 0 Å². The van der Waals surface area contributed by atoms with E-state index in [9.17, 15) is 4.79 Å². The second kappa shape index (κ2) is 7.98. The lowest BCUT2D eigenvalue weighted by Crippen LogP contribution is -2.17. The number of hydrogen-bond donors (Lipinski definition) is 1. The van der Waals surface area contributed by atoms with E-state index in [1.165, 1.54) is 11.8 Å². The number of carbonyl (C=O) groups is 1. The molecule has 2 aromatic carbocycles. The molecule has 0 aliphatic heterocycles. The molecule has 23 heavy (non-hydrogen) atoms. The van der Waals surface area contributed by atoms with Crippen LogP contribution in [0.5, 0.6) is 11.5 Å². The molecule has 0 aliphatic carbocycles. The first kappa shape index (κ1) is 16.5. The van der Waals surface area contributed by atoms with Crippen LogP contribution in [0.2, 0.25) is 0 Å². The Hall–Kier alpha value is -2.82. The highest BCUT2D eigenvalue weighted by Crippen LogP contribution is 2.29. The van der Waals surface area contributed by atoms with Gasteiger partial charge in [0.15, 0.2) is 11.5 Å². The predicted molar refractivity (Wildman–Crippen MR) is 90.4 cm³/mol. The lowest BCUT2D eigenvalue weighted by Gasteiger charge is -2.09. The van der Waals surface area contributed by atoms with Crippen LogP contribution in [0, 0.1) is 0 Å². The molecule has 0 saturated heterocycles.